The Balaban J connectivity index is 2.07. The molecular formula is C22H27ClN2O2S. The smallest absolute Gasteiger partial charge is 0.242 e. The molecule has 4 nitrogen and oxygen atoms in total. The van der Waals surface area contributed by atoms with Crippen LogP contribution in [0.1, 0.15) is 30.0 Å². The fourth-order valence-electron chi connectivity index (χ4n) is 2.90. The summed E-state index contributed by atoms with van der Waals surface area (Å²) >= 11 is 7.46. The molecule has 6 heteroatoms. The summed E-state index contributed by atoms with van der Waals surface area (Å²) in [5.74, 6) is 0.876. The molecule has 0 radical (unpaired) electrons. The molecule has 0 aliphatic carbocycles. The SMILES string of the molecule is CC[C@H](C(=O)NC)N(Cc1ccc(C)cc1)C(=O)CSCc1ccc(Cl)cc1. The van der Waals surface area contributed by atoms with Crippen LogP contribution in [0, 0.1) is 6.92 Å². The van der Waals surface area contributed by atoms with Gasteiger partial charge in [0.05, 0.1) is 5.75 Å². The maximum atomic E-state index is 13.0. The number of carbonyl (C=O) groups excluding carboxylic acids is 2. The summed E-state index contributed by atoms with van der Waals surface area (Å²) < 4.78 is 0. The van der Waals surface area contributed by atoms with Gasteiger partial charge in [0.2, 0.25) is 11.8 Å². The lowest BCUT2D eigenvalue weighted by Gasteiger charge is -2.30. The van der Waals surface area contributed by atoms with Crippen LogP contribution >= 0.6 is 23.4 Å². The van der Waals surface area contributed by atoms with Crippen LogP contribution in [-0.2, 0) is 21.9 Å². The van der Waals surface area contributed by atoms with Crippen molar-refractivity contribution in [2.45, 2.75) is 38.6 Å². The van der Waals surface area contributed by atoms with Crippen molar-refractivity contribution in [1.29, 1.82) is 0 Å². The van der Waals surface area contributed by atoms with Crippen molar-refractivity contribution in [3.8, 4) is 0 Å². The maximum Gasteiger partial charge on any atom is 0.242 e. The van der Waals surface area contributed by atoms with Gasteiger partial charge in [-0.3, -0.25) is 9.59 Å². The first-order chi connectivity index (χ1) is 13.4. The molecule has 0 saturated heterocycles. The zero-order chi connectivity index (χ0) is 20.5. The number of nitrogens with zero attached hydrogens (tertiary/aromatic N) is 1. The molecule has 1 atom stereocenters. The molecule has 2 aromatic rings. The zero-order valence-electron chi connectivity index (χ0n) is 16.6. The van der Waals surface area contributed by atoms with Gasteiger partial charge in [-0.25, -0.2) is 0 Å². The molecule has 2 aromatic carbocycles. The van der Waals surface area contributed by atoms with Gasteiger partial charge in [-0.1, -0.05) is 60.5 Å². The number of aryl methyl sites for hydroxylation is 1. The Hall–Kier alpha value is -1.98. The molecule has 1 N–H and O–H groups in total. The van der Waals surface area contributed by atoms with E-state index in [1.807, 2.05) is 62.4 Å². The van der Waals surface area contributed by atoms with Gasteiger partial charge in [0, 0.05) is 24.4 Å². The van der Waals surface area contributed by atoms with Gasteiger partial charge in [-0.05, 0) is 36.6 Å². The van der Waals surface area contributed by atoms with Crippen LogP contribution in [0.2, 0.25) is 5.02 Å². The number of benzene rings is 2. The lowest BCUT2D eigenvalue weighted by molar-refractivity contribution is -0.139. The summed E-state index contributed by atoms with van der Waals surface area (Å²) in [6.45, 7) is 4.38. The molecule has 0 aliphatic heterocycles. The molecule has 0 aliphatic rings. The van der Waals surface area contributed by atoms with Gasteiger partial charge in [-0.2, -0.15) is 0 Å². The van der Waals surface area contributed by atoms with E-state index < -0.39 is 6.04 Å². The Morgan fingerprint density at radius 2 is 1.68 bits per heavy atom. The van der Waals surface area contributed by atoms with Gasteiger partial charge < -0.3 is 10.2 Å². The van der Waals surface area contributed by atoms with Crippen molar-refractivity contribution < 1.29 is 9.59 Å². The number of hydrogen-bond acceptors (Lipinski definition) is 3. The first-order valence-corrected chi connectivity index (χ1v) is 10.9. The Morgan fingerprint density at radius 3 is 2.25 bits per heavy atom. The maximum absolute atomic E-state index is 13.0. The number of halogens is 1. The van der Waals surface area contributed by atoms with Crippen molar-refractivity contribution in [1.82, 2.24) is 10.2 Å². The molecule has 28 heavy (non-hydrogen) atoms. The second kappa shape index (κ2) is 11.1. The summed E-state index contributed by atoms with van der Waals surface area (Å²) in [4.78, 5) is 27.0. The highest BCUT2D eigenvalue weighted by Crippen LogP contribution is 2.18. The van der Waals surface area contributed by atoms with E-state index in [-0.39, 0.29) is 11.8 Å². The Kier molecular flexibility index (Phi) is 8.87. The van der Waals surface area contributed by atoms with Gasteiger partial charge in [0.1, 0.15) is 6.04 Å². The van der Waals surface area contributed by atoms with Crippen LogP contribution in [-0.4, -0.2) is 35.6 Å². The number of hydrogen-bond donors (Lipinski definition) is 1. The van der Waals surface area contributed by atoms with E-state index in [9.17, 15) is 9.59 Å². The summed E-state index contributed by atoms with van der Waals surface area (Å²) in [7, 11) is 1.61. The third-order valence-corrected chi connectivity index (χ3v) is 5.75. The van der Waals surface area contributed by atoms with Gasteiger partial charge in [-0.15, -0.1) is 11.8 Å². The minimum absolute atomic E-state index is 0.0324. The highest BCUT2D eigenvalue weighted by Gasteiger charge is 2.27. The molecule has 0 spiro atoms. The third-order valence-electron chi connectivity index (χ3n) is 4.51. The molecule has 0 aromatic heterocycles. The van der Waals surface area contributed by atoms with Crippen molar-refractivity contribution in [2.24, 2.45) is 0 Å². The van der Waals surface area contributed by atoms with E-state index in [4.69, 9.17) is 11.6 Å². The number of rotatable bonds is 9. The Labute approximate surface area is 176 Å². The lowest BCUT2D eigenvalue weighted by atomic mass is 10.1. The molecule has 2 rings (SSSR count). The van der Waals surface area contributed by atoms with Crippen LogP contribution in [0.15, 0.2) is 48.5 Å². The molecule has 0 saturated carbocycles. The van der Waals surface area contributed by atoms with Gasteiger partial charge >= 0.3 is 0 Å². The standard InChI is InChI=1S/C22H27ClN2O2S/c1-4-20(22(27)24-3)25(13-17-7-5-16(2)6-8-17)21(26)15-28-14-18-9-11-19(23)12-10-18/h5-12,20H,4,13-15H2,1-3H3,(H,24,27)/t20-/m1/s1. The van der Waals surface area contributed by atoms with E-state index in [0.29, 0.717) is 23.7 Å². The molecule has 2 amide bonds. The van der Waals surface area contributed by atoms with Crippen molar-refractivity contribution >= 4 is 35.2 Å². The number of nitrogens with one attached hydrogen (secondary N) is 1. The van der Waals surface area contributed by atoms with E-state index in [1.165, 1.54) is 5.56 Å². The predicted octanol–water partition coefficient (Wildman–Crippen LogP) is 4.44. The number of likely N-dealkylation sites (N-methyl/N-ethyl adjacent to an activating group) is 1. The van der Waals surface area contributed by atoms with Crippen LogP contribution in [0.5, 0.6) is 0 Å². The number of amides is 2. The van der Waals surface area contributed by atoms with E-state index >= 15 is 0 Å². The van der Waals surface area contributed by atoms with Crippen molar-refractivity contribution in [3.05, 3.63) is 70.2 Å². The molecular weight excluding hydrogens is 392 g/mol. The summed E-state index contributed by atoms with van der Waals surface area (Å²) in [6.07, 6.45) is 0.569. The highest BCUT2D eigenvalue weighted by molar-refractivity contribution is 7.99. The quantitative estimate of drug-likeness (QED) is 0.655. The van der Waals surface area contributed by atoms with Gasteiger partial charge in [0.25, 0.3) is 0 Å². The second-order valence-corrected chi connectivity index (χ2v) is 8.09. The molecule has 0 unspecified atom stereocenters. The predicted molar refractivity (Wildman–Crippen MR) is 117 cm³/mol. The number of thioether (sulfide) groups is 1. The van der Waals surface area contributed by atoms with Gasteiger partial charge in [0.15, 0.2) is 0 Å². The Bertz CT molecular complexity index is 778. The average Bonchev–Trinajstić information content (AvgIpc) is 2.70. The lowest BCUT2D eigenvalue weighted by Crippen LogP contribution is -2.48. The second-order valence-electron chi connectivity index (χ2n) is 6.66. The summed E-state index contributed by atoms with van der Waals surface area (Å²) in [5.41, 5.74) is 3.30. The van der Waals surface area contributed by atoms with Crippen LogP contribution in [0.25, 0.3) is 0 Å². The first kappa shape index (κ1) is 22.3. The van der Waals surface area contributed by atoms with E-state index in [1.54, 1.807) is 23.7 Å². The third kappa shape index (κ3) is 6.57. The minimum Gasteiger partial charge on any atom is -0.357 e. The monoisotopic (exact) mass is 418 g/mol. The molecule has 150 valence electrons. The summed E-state index contributed by atoms with van der Waals surface area (Å²) in [6, 6.07) is 15.2. The fraction of sp³-hybridized carbons (Fsp3) is 0.364. The normalized spacial score (nSPS) is 11.7. The van der Waals surface area contributed by atoms with Crippen LogP contribution in [0.4, 0.5) is 0 Å². The van der Waals surface area contributed by atoms with E-state index in [0.717, 1.165) is 16.9 Å². The van der Waals surface area contributed by atoms with Crippen molar-refractivity contribution in [3.63, 3.8) is 0 Å². The van der Waals surface area contributed by atoms with E-state index in [2.05, 4.69) is 5.32 Å². The average molecular weight is 419 g/mol. The highest BCUT2D eigenvalue weighted by atomic mass is 35.5. The minimum atomic E-state index is -0.477. The topological polar surface area (TPSA) is 49.4 Å². The largest absolute Gasteiger partial charge is 0.357 e. The fourth-order valence-corrected chi connectivity index (χ4v) is 3.89. The number of carbonyl (C=O) groups is 2. The molecule has 0 bridgehead atoms. The van der Waals surface area contributed by atoms with Crippen LogP contribution < -0.4 is 5.32 Å². The van der Waals surface area contributed by atoms with Crippen LogP contribution in [0.3, 0.4) is 0 Å². The first-order valence-electron chi connectivity index (χ1n) is 9.33. The summed E-state index contributed by atoms with van der Waals surface area (Å²) in [5, 5.41) is 3.38. The molecule has 0 fully saturated rings. The Morgan fingerprint density at radius 1 is 1.07 bits per heavy atom. The molecule has 0 heterocycles. The zero-order valence-corrected chi connectivity index (χ0v) is 18.1. The van der Waals surface area contributed by atoms with Crippen molar-refractivity contribution in [2.75, 3.05) is 12.8 Å².